The molecule has 0 saturated heterocycles. The number of anilines is 1. The van der Waals surface area contributed by atoms with Gasteiger partial charge < -0.3 is 9.64 Å². The van der Waals surface area contributed by atoms with Crippen LogP contribution in [0.1, 0.15) is 23.9 Å². The Bertz CT molecular complexity index is 1290. The third kappa shape index (κ3) is 4.43. The van der Waals surface area contributed by atoms with E-state index in [1.54, 1.807) is 7.11 Å². The first-order chi connectivity index (χ1) is 16.6. The maximum Gasteiger partial charge on any atom is 0.237 e. The van der Waals surface area contributed by atoms with E-state index in [0.29, 0.717) is 11.6 Å². The fourth-order valence-corrected chi connectivity index (χ4v) is 5.25. The van der Waals surface area contributed by atoms with Crippen LogP contribution in [-0.2, 0) is 17.6 Å². The second-order valence-electron chi connectivity index (χ2n) is 8.33. The minimum Gasteiger partial charge on any atom is -0.497 e. The monoisotopic (exact) mass is 470 g/mol. The van der Waals surface area contributed by atoms with Gasteiger partial charge in [0.25, 0.3) is 0 Å². The van der Waals surface area contributed by atoms with Crippen molar-refractivity contribution in [3.05, 3.63) is 95.8 Å². The van der Waals surface area contributed by atoms with E-state index in [9.17, 15) is 4.79 Å². The molecule has 3 aromatic carbocycles. The Morgan fingerprint density at radius 2 is 1.74 bits per heavy atom. The minimum absolute atomic E-state index is 0.0799. The van der Waals surface area contributed by atoms with Crippen LogP contribution in [0.5, 0.6) is 5.75 Å². The molecule has 1 aliphatic heterocycles. The lowest BCUT2D eigenvalue weighted by molar-refractivity contribution is -0.116. The van der Waals surface area contributed by atoms with Crippen LogP contribution >= 0.6 is 11.8 Å². The molecule has 0 spiro atoms. The largest absolute Gasteiger partial charge is 0.497 e. The fourth-order valence-electron chi connectivity index (χ4n) is 4.42. The first-order valence-corrected chi connectivity index (χ1v) is 12.3. The summed E-state index contributed by atoms with van der Waals surface area (Å²) in [5.41, 5.74) is 4.33. The molecule has 4 aromatic rings. The lowest BCUT2D eigenvalue weighted by Gasteiger charge is -2.22. The lowest BCUT2D eigenvalue weighted by Crippen LogP contribution is -2.37. The topological polar surface area (TPSA) is 60.2 Å². The molecule has 1 atom stereocenters. The van der Waals surface area contributed by atoms with Crippen LogP contribution < -0.4 is 9.64 Å². The van der Waals surface area contributed by atoms with Gasteiger partial charge in [-0.15, -0.1) is 10.2 Å². The van der Waals surface area contributed by atoms with E-state index in [1.807, 2.05) is 70.1 Å². The van der Waals surface area contributed by atoms with Crippen LogP contribution in [0.2, 0.25) is 0 Å². The highest BCUT2D eigenvalue weighted by Gasteiger charge is 2.30. The third-order valence-electron chi connectivity index (χ3n) is 6.04. The Hall–Kier alpha value is -3.58. The number of hydrogen-bond acceptors (Lipinski definition) is 5. The average molecular weight is 471 g/mol. The molecule has 5 rings (SSSR count). The molecular formula is C27H26N4O2S. The Labute approximate surface area is 203 Å². The molecule has 2 heterocycles. The number of fused-ring (bicyclic) bond motifs is 1. The van der Waals surface area contributed by atoms with Gasteiger partial charge in [-0.3, -0.25) is 9.36 Å². The quantitative estimate of drug-likeness (QED) is 0.358. The lowest BCUT2D eigenvalue weighted by atomic mass is 10.1. The molecule has 34 heavy (non-hydrogen) atoms. The van der Waals surface area contributed by atoms with Crippen LogP contribution in [0, 0.1) is 0 Å². The first kappa shape index (κ1) is 22.2. The van der Waals surface area contributed by atoms with Gasteiger partial charge in [0.05, 0.1) is 12.9 Å². The summed E-state index contributed by atoms with van der Waals surface area (Å²) in [5.74, 6) is 1.98. The third-order valence-corrected chi connectivity index (χ3v) is 6.95. The van der Waals surface area contributed by atoms with Gasteiger partial charge in [-0.25, -0.2) is 0 Å². The molecule has 0 radical (unpaired) electrons. The van der Waals surface area contributed by atoms with Gasteiger partial charge in [0.1, 0.15) is 11.6 Å². The summed E-state index contributed by atoms with van der Waals surface area (Å²) in [6.07, 6.45) is 1.53. The van der Waals surface area contributed by atoms with E-state index in [1.165, 1.54) is 17.3 Å². The number of para-hydroxylation sites is 1. The highest BCUT2D eigenvalue weighted by Crippen LogP contribution is 2.33. The molecule has 0 saturated carbocycles. The molecule has 1 aliphatic rings. The van der Waals surface area contributed by atoms with Crippen molar-refractivity contribution in [1.82, 2.24) is 14.8 Å². The van der Waals surface area contributed by atoms with Crippen molar-refractivity contribution < 1.29 is 9.53 Å². The number of nitrogens with zero attached hydrogens (tertiary/aromatic N) is 4. The second kappa shape index (κ2) is 9.73. The molecule has 1 unspecified atom stereocenters. The highest BCUT2D eigenvalue weighted by molar-refractivity contribution is 7.99. The zero-order valence-electron chi connectivity index (χ0n) is 19.2. The Balaban J connectivity index is 1.41. The van der Waals surface area contributed by atoms with Crippen LogP contribution in [0.3, 0.4) is 0 Å². The molecule has 0 bridgehead atoms. The van der Waals surface area contributed by atoms with E-state index in [0.717, 1.165) is 34.9 Å². The van der Waals surface area contributed by atoms with Gasteiger partial charge in [-0.2, -0.15) is 0 Å². The van der Waals surface area contributed by atoms with Crippen molar-refractivity contribution in [1.29, 1.82) is 0 Å². The number of carbonyl (C=O) groups excluding carboxylic acids is 1. The van der Waals surface area contributed by atoms with Gasteiger partial charge in [0, 0.05) is 23.8 Å². The van der Waals surface area contributed by atoms with Crippen molar-refractivity contribution in [2.24, 2.45) is 0 Å². The zero-order valence-corrected chi connectivity index (χ0v) is 20.0. The Kier molecular flexibility index (Phi) is 6.36. The summed E-state index contributed by atoms with van der Waals surface area (Å²) in [5, 5.41) is 9.66. The summed E-state index contributed by atoms with van der Waals surface area (Å²) in [7, 11) is 1.65. The molecule has 0 fully saturated rings. The molecular weight excluding hydrogens is 444 g/mol. The number of benzene rings is 3. The van der Waals surface area contributed by atoms with Gasteiger partial charge >= 0.3 is 0 Å². The second-order valence-corrected chi connectivity index (χ2v) is 9.27. The van der Waals surface area contributed by atoms with Crippen LogP contribution in [0.15, 0.2) is 84.0 Å². The number of ether oxygens (including phenoxy) is 1. The molecule has 172 valence electrons. The molecule has 0 N–H and O–H groups in total. The van der Waals surface area contributed by atoms with Crippen LogP contribution in [0.25, 0.3) is 5.69 Å². The number of amides is 1. The van der Waals surface area contributed by atoms with E-state index in [4.69, 9.17) is 4.74 Å². The SMILES string of the molecule is COc1ccc(-n2c(Cc3ccccc3)nnc2SCC(=O)N2c3ccccc3CC2C)cc1. The number of aromatic nitrogens is 3. The maximum atomic E-state index is 13.3. The van der Waals surface area contributed by atoms with Gasteiger partial charge in [-0.1, -0.05) is 60.3 Å². The van der Waals surface area contributed by atoms with Crippen LogP contribution in [-0.4, -0.2) is 39.6 Å². The Morgan fingerprint density at radius 3 is 2.50 bits per heavy atom. The van der Waals surface area contributed by atoms with E-state index >= 15 is 0 Å². The van der Waals surface area contributed by atoms with Crippen molar-refractivity contribution in [2.45, 2.75) is 31.0 Å². The Morgan fingerprint density at radius 1 is 1.00 bits per heavy atom. The number of rotatable bonds is 7. The van der Waals surface area contributed by atoms with Crippen LogP contribution in [0.4, 0.5) is 5.69 Å². The number of hydrogen-bond donors (Lipinski definition) is 0. The average Bonchev–Trinajstić information content (AvgIpc) is 3.42. The normalized spacial score (nSPS) is 14.8. The van der Waals surface area contributed by atoms with Crippen molar-refractivity contribution in [2.75, 3.05) is 17.8 Å². The van der Waals surface area contributed by atoms with E-state index < -0.39 is 0 Å². The molecule has 1 amide bonds. The number of methoxy groups -OCH3 is 1. The predicted octanol–water partition coefficient (Wildman–Crippen LogP) is 4.94. The van der Waals surface area contributed by atoms with Crippen molar-refractivity contribution in [3.63, 3.8) is 0 Å². The maximum absolute atomic E-state index is 13.3. The highest BCUT2D eigenvalue weighted by atomic mass is 32.2. The minimum atomic E-state index is 0.0799. The predicted molar refractivity (Wildman–Crippen MR) is 135 cm³/mol. The first-order valence-electron chi connectivity index (χ1n) is 11.3. The number of carbonyl (C=O) groups is 1. The van der Waals surface area contributed by atoms with Gasteiger partial charge in [-0.05, 0) is 54.8 Å². The summed E-state index contributed by atoms with van der Waals surface area (Å²) in [4.78, 5) is 15.2. The standard InChI is InChI=1S/C27H26N4O2S/c1-19-16-21-10-6-7-11-24(21)30(19)26(32)18-34-27-29-28-25(17-20-8-4-3-5-9-20)31(27)22-12-14-23(33-2)15-13-22/h3-15,19H,16-18H2,1-2H3. The van der Waals surface area contributed by atoms with Gasteiger partial charge in [0.2, 0.25) is 5.91 Å². The molecule has 6 nitrogen and oxygen atoms in total. The summed E-state index contributed by atoms with van der Waals surface area (Å²) >= 11 is 1.42. The van der Waals surface area contributed by atoms with Gasteiger partial charge in [0.15, 0.2) is 5.16 Å². The van der Waals surface area contributed by atoms with Crippen molar-refractivity contribution >= 4 is 23.4 Å². The molecule has 0 aliphatic carbocycles. The zero-order chi connectivity index (χ0) is 23.5. The molecule has 1 aromatic heterocycles. The molecule has 7 heteroatoms. The number of thioether (sulfide) groups is 1. The fraction of sp³-hybridized carbons (Fsp3) is 0.222. The smallest absolute Gasteiger partial charge is 0.237 e. The van der Waals surface area contributed by atoms with E-state index in [-0.39, 0.29) is 17.7 Å². The summed E-state index contributed by atoms with van der Waals surface area (Å²) < 4.78 is 7.35. The van der Waals surface area contributed by atoms with Crippen molar-refractivity contribution in [3.8, 4) is 11.4 Å². The summed E-state index contributed by atoms with van der Waals surface area (Å²) in [6.45, 7) is 2.10. The summed E-state index contributed by atoms with van der Waals surface area (Å²) in [6, 6.07) is 26.3. The van der Waals surface area contributed by atoms with E-state index in [2.05, 4.69) is 35.3 Å².